The molecule has 2 aliphatic heterocycles. The zero-order valence-electron chi connectivity index (χ0n) is 13.9. The first-order valence-electron chi connectivity index (χ1n) is 8.49. The summed E-state index contributed by atoms with van der Waals surface area (Å²) in [4.78, 5) is 16.2. The third kappa shape index (κ3) is 4.64. The van der Waals surface area contributed by atoms with Gasteiger partial charge in [-0.3, -0.25) is 9.69 Å². The van der Waals surface area contributed by atoms with Gasteiger partial charge in [0.2, 0.25) is 5.91 Å². The summed E-state index contributed by atoms with van der Waals surface area (Å²) in [6.07, 6.45) is -2.34. The van der Waals surface area contributed by atoms with E-state index in [1.807, 2.05) is 9.80 Å². The molecule has 0 unspecified atom stereocenters. The molecule has 25 heavy (non-hydrogen) atoms. The highest BCUT2D eigenvalue weighted by molar-refractivity contribution is 5.95. The van der Waals surface area contributed by atoms with E-state index in [-0.39, 0.29) is 18.1 Å². The number of hydrogen-bond acceptors (Lipinski definition) is 4. The van der Waals surface area contributed by atoms with E-state index in [9.17, 15) is 18.0 Å². The van der Waals surface area contributed by atoms with E-state index in [1.54, 1.807) is 0 Å². The van der Waals surface area contributed by atoms with Gasteiger partial charge in [0.05, 0.1) is 36.7 Å². The molecule has 0 radical (unpaired) electrons. The lowest BCUT2D eigenvalue weighted by atomic mass is 10.1. The van der Waals surface area contributed by atoms with Gasteiger partial charge in [0, 0.05) is 13.1 Å². The van der Waals surface area contributed by atoms with Crippen LogP contribution in [0.15, 0.2) is 18.2 Å². The number of ether oxygens (including phenoxy) is 1. The number of carbonyl (C=O) groups excluding carboxylic acids is 1. The number of rotatable bonds is 4. The van der Waals surface area contributed by atoms with Gasteiger partial charge in [-0.25, -0.2) is 0 Å². The second kappa shape index (κ2) is 7.61. The Labute approximate surface area is 144 Å². The predicted octanol–water partition coefficient (Wildman–Crippen LogP) is 2.58. The Hall–Kier alpha value is -1.80. The Balaban J connectivity index is 1.80. The molecule has 2 heterocycles. The largest absolute Gasteiger partial charge is 0.416 e. The lowest BCUT2D eigenvalue weighted by molar-refractivity contribution is -0.137. The molecule has 0 aromatic heterocycles. The summed E-state index contributed by atoms with van der Waals surface area (Å²) in [6, 6.07) is 3.51. The maximum Gasteiger partial charge on any atom is 0.416 e. The summed E-state index contributed by atoms with van der Waals surface area (Å²) >= 11 is 0. The molecule has 1 N–H and O–H groups in total. The summed E-state index contributed by atoms with van der Waals surface area (Å²) in [7, 11) is 0. The van der Waals surface area contributed by atoms with Crippen molar-refractivity contribution in [1.29, 1.82) is 0 Å². The summed E-state index contributed by atoms with van der Waals surface area (Å²) in [5.41, 5.74) is 0.0491. The molecule has 0 atom stereocenters. The molecular weight excluding hydrogens is 335 g/mol. The minimum atomic E-state index is -4.45. The zero-order chi connectivity index (χ0) is 17.9. The van der Waals surface area contributed by atoms with Crippen LogP contribution in [-0.4, -0.2) is 56.7 Å². The zero-order valence-corrected chi connectivity index (χ0v) is 13.9. The summed E-state index contributed by atoms with van der Waals surface area (Å²) in [5, 5.41) is 2.68. The van der Waals surface area contributed by atoms with Gasteiger partial charge in [0.1, 0.15) is 0 Å². The van der Waals surface area contributed by atoms with Crippen molar-refractivity contribution < 1.29 is 22.7 Å². The van der Waals surface area contributed by atoms with Crippen molar-refractivity contribution >= 4 is 17.3 Å². The number of nitrogens with one attached hydrogen (secondary N) is 1. The van der Waals surface area contributed by atoms with Crippen LogP contribution in [0, 0.1) is 0 Å². The van der Waals surface area contributed by atoms with Crippen LogP contribution in [0.3, 0.4) is 0 Å². The van der Waals surface area contributed by atoms with Crippen molar-refractivity contribution in [2.45, 2.75) is 19.0 Å². The van der Waals surface area contributed by atoms with Gasteiger partial charge in [0.25, 0.3) is 0 Å². The average molecular weight is 357 g/mol. The van der Waals surface area contributed by atoms with Crippen molar-refractivity contribution in [2.24, 2.45) is 0 Å². The van der Waals surface area contributed by atoms with E-state index < -0.39 is 11.7 Å². The van der Waals surface area contributed by atoms with Crippen LogP contribution >= 0.6 is 0 Å². The molecule has 1 amide bonds. The number of nitrogens with zero attached hydrogens (tertiary/aromatic N) is 2. The van der Waals surface area contributed by atoms with Gasteiger partial charge in [-0.15, -0.1) is 0 Å². The number of likely N-dealkylation sites (tertiary alicyclic amines) is 1. The molecule has 1 aromatic carbocycles. The number of benzene rings is 1. The van der Waals surface area contributed by atoms with Crippen molar-refractivity contribution in [3.8, 4) is 0 Å². The molecule has 0 bridgehead atoms. The average Bonchev–Trinajstić information content (AvgIpc) is 3.07. The van der Waals surface area contributed by atoms with Gasteiger partial charge < -0.3 is 15.0 Å². The second-order valence-electron chi connectivity index (χ2n) is 6.36. The Morgan fingerprint density at radius 2 is 1.80 bits per heavy atom. The monoisotopic (exact) mass is 357 g/mol. The highest BCUT2D eigenvalue weighted by atomic mass is 19.4. The third-order valence-corrected chi connectivity index (χ3v) is 4.52. The topological polar surface area (TPSA) is 44.8 Å². The number of carbonyl (C=O) groups is 1. The first kappa shape index (κ1) is 18.0. The Kier molecular flexibility index (Phi) is 5.48. The fraction of sp³-hybridized carbons (Fsp3) is 0.588. The lowest BCUT2D eigenvalue weighted by Gasteiger charge is -2.31. The van der Waals surface area contributed by atoms with Gasteiger partial charge >= 0.3 is 6.18 Å². The molecule has 0 aliphatic carbocycles. The van der Waals surface area contributed by atoms with E-state index >= 15 is 0 Å². The van der Waals surface area contributed by atoms with E-state index in [1.165, 1.54) is 6.07 Å². The van der Waals surface area contributed by atoms with E-state index in [2.05, 4.69) is 5.32 Å². The molecule has 8 heteroatoms. The van der Waals surface area contributed by atoms with E-state index in [0.717, 1.165) is 38.1 Å². The van der Waals surface area contributed by atoms with Crippen LogP contribution in [-0.2, 0) is 15.7 Å². The number of alkyl halides is 3. The maximum atomic E-state index is 13.1. The van der Waals surface area contributed by atoms with Crippen molar-refractivity contribution in [3.63, 3.8) is 0 Å². The standard InChI is InChI=1S/C17H22F3N3O2/c18-17(19,20)13-3-4-15(23-7-9-25-10-8-23)14(11-13)21-16(24)12-22-5-1-2-6-22/h3-4,11H,1-2,5-10,12H2,(H,21,24). The molecule has 0 saturated carbocycles. The summed E-state index contributed by atoms with van der Waals surface area (Å²) in [6.45, 7) is 4.11. The Morgan fingerprint density at radius 3 is 2.44 bits per heavy atom. The molecule has 5 nitrogen and oxygen atoms in total. The predicted molar refractivity (Wildman–Crippen MR) is 88.8 cm³/mol. The Bertz CT molecular complexity index is 610. The van der Waals surface area contributed by atoms with Gasteiger partial charge in [-0.05, 0) is 44.1 Å². The van der Waals surface area contributed by atoms with Crippen LogP contribution in [0.1, 0.15) is 18.4 Å². The fourth-order valence-corrected chi connectivity index (χ4v) is 3.23. The first-order chi connectivity index (χ1) is 11.9. The van der Waals surface area contributed by atoms with Gasteiger partial charge in [-0.1, -0.05) is 0 Å². The number of anilines is 2. The van der Waals surface area contributed by atoms with E-state index in [0.29, 0.717) is 32.0 Å². The van der Waals surface area contributed by atoms with Crippen molar-refractivity contribution in [2.75, 3.05) is 56.2 Å². The molecule has 138 valence electrons. The van der Waals surface area contributed by atoms with Crippen LogP contribution in [0.2, 0.25) is 0 Å². The van der Waals surface area contributed by atoms with Crippen LogP contribution in [0.5, 0.6) is 0 Å². The molecule has 2 fully saturated rings. The number of halogens is 3. The second-order valence-corrected chi connectivity index (χ2v) is 6.36. The number of amides is 1. The minimum Gasteiger partial charge on any atom is -0.378 e. The molecule has 3 rings (SSSR count). The SMILES string of the molecule is O=C(CN1CCCC1)Nc1cc(C(F)(F)F)ccc1N1CCOCC1. The van der Waals surface area contributed by atoms with E-state index in [4.69, 9.17) is 4.74 Å². The Morgan fingerprint density at radius 1 is 1.12 bits per heavy atom. The van der Waals surface area contributed by atoms with Crippen molar-refractivity contribution in [1.82, 2.24) is 4.90 Å². The summed E-state index contributed by atoms with van der Waals surface area (Å²) < 4.78 is 44.4. The molecule has 0 spiro atoms. The molecular formula is C17H22F3N3O2. The van der Waals surface area contributed by atoms with Crippen molar-refractivity contribution in [3.05, 3.63) is 23.8 Å². The highest BCUT2D eigenvalue weighted by Gasteiger charge is 2.32. The van der Waals surface area contributed by atoms with Crippen LogP contribution in [0.25, 0.3) is 0 Å². The third-order valence-electron chi connectivity index (χ3n) is 4.52. The highest BCUT2D eigenvalue weighted by Crippen LogP contribution is 2.35. The van der Waals surface area contributed by atoms with Crippen LogP contribution < -0.4 is 10.2 Å². The maximum absolute atomic E-state index is 13.1. The minimum absolute atomic E-state index is 0.207. The number of morpholine rings is 1. The molecule has 1 aromatic rings. The lowest BCUT2D eigenvalue weighted by Crippen LogP contribution is -2.37. The first-order valence-corrected chi connectivity index (χ1v) is 8.49. The number of hydrogen-bond donors (Lipinski definition) is 1. The normalized spacial score (nSPS) is 19.2. The molecule has 2 aliphatic rings. The smallest absolute Gasteiger partial charge is 0.378 e. The van der Waals surface area contributed by atoms with Crippen LogP contribution in [0.4, 0.5) is 24.5 Å². The van der Waals surface area contributed by atoms with Gasteiger partial charge in [0.15, 0.2) is 0 Å². The molecule has 2 saturated heterocycles. The fourth-order valence-electron chi connectivity index (χ4n) is 3.23. The van der Waals surface area contributed by atoms with Gasteiger partial charge in [-0.2, -0.15) is 13.2 Å². The quantitative estimate of drug-likeness (QED) is 0.900. The summed E-state index contributed by atoms with van der Waals surface area (Å²) in [5.74, 6) is -0.282.